The number of piperidine rings is 3. The highest BCUT2D eigenvalue weighted by Crippen LogP contribution is 2.45. The van der Waals surface area contributed by atoms with E-state index in [0.717, 1.165) is 47.9 Å². The largest absolute Gasteiger partial charge is 0.472 e. The van der Waals surface area contributed by atoms with Gasteiger partial charge in [0.05, 0.1) is 19.1 Å². The van der Waals surface area contributed by atoms with Crippen molar-refractivity contribution in [3.05, 3.63) is 30.7 Å². The van der Waals surface area contributed by atoms with Gasteiger partial charge in [-0.1, -0.05) is 0 Å². The van der Waals surface area contributed by atoms with Crippen molar-refractivity contribution in [2.75, 3.05) is 31.1 Å². The maximum atomic E-state index is 12.5. The summed E-state index contributed by atoms with van der Waals surface area (Å²) in [5.41, 5.74) is 0.749. The Hall–Kier alpha value is -1.79. The van der Waals surface area contributed by atoms with Gasteiger partial charge in [0.15, 0.2) is 0 Å². The summed E-state index contributed by atoms with van der Waals surface area (Å²) in [4.78, 5) is 17.8. The number of rotatable bonds is 2. The van der Waals surface area contributed by atoms with E-state index in [2.05, 4.69) is 4.90 Å². The zero-order valence-corrected chi connectivity index (χ0v) is 13.6. The summed E-state index contributed by atoms with van der Waals surface area (Å²) < 4.78 is 11.1. The first-order valence-corrected chi connectivity index (χ1v) is 8.90. The molecule has 4 aliphatic heterocycles. The van der Waals surface area contributed by atoms with Crippen LogP contribution in [0.3, 0.4) is 0 Å². The third-order valence-corrected chi connectivity index (χ3v) is 6.58. The average molecular weight is 330 g/mol. The highest BCUT2D eigenvalue weighted by molar-refractivity contribution is 7.19. The van der Waals surface area contributed by atoms with E-state index in [1.165, 1.54) is 0 Å². The zero-order chi connectivity index (χ0) is 15.4. The molecule has 6 heteroatoms. The number of fused-ring (bicyclic) bond motifs is 2. The molecule has 5 nitrogen and oxygen atoms in total. The Balaban J connectivity index is 1.43. The molecule has 6 rings (SSSR count). The quantitative estimate of drug-likeness (QED) is 0.846. The van der Waals surface area contributed by atoms with E-state index in [-0.39, 0.29) is 11.7 Å². The molecule has 1 spiro atoms. The molecule has 120 valence electrons. The first kappa shape index (κ1) is 13.6. The van der Waals surface area contributed by atoms with Crippen LogP contribution in [0.1, 0.15) is 12.8 Å². The van der Waals surface area contributed by atoms with Gasteiger partial charge in [-0.2, -0.15) is 0 Å². The Kier molecular flexibility index (Phi) is 2.87. The Morgan fingerprint density at radius 3 is 2.74 bits per heavy atom. The third-order valence-electron chi connectivity index (χ3n) is 5.42. The van der Waals surface area contributed by atoms with Gasteiger partial charge in [-0.25, -0.2) is 4.79 Å². The molecule has 0 aliphatic carbocycles. The molecule has 0 aromatic carbocycles. The van der Waals surface area contributed by atoms with Gasteiger partial charge in [-0.15, -0.1) is 11.3 Å². The van der Waals surface area contributed by atoms with Crippen molar-refractivity contribution >= 4 is 22.4 Å². The van der Waals surface area contributed by atoms with Crippen molar-refractivity contribution in [2.45, 2.75) is 18.4 Å². The number of furan rings is 1. The van der Waals surface area contributed by atoms with Gasteiger partial charge < -0.3 is 9.15 Å². The predicted molar refractivity (Wildman–Crippen MR) is 87.7 cm³/mol. The molecular weight excluding hydrogens is 312 g/mol. The van der Waals surface area contributed by atoms with Crippen LogP contribution in [0, 0.1) is 5.92 Å². The van der Waals surface area contributed by atoms with E-state index in [0.29, 0.717) is 12.5 Å². The average Bonchev–Trinajstić information content (AvgIpc) is 3.28. The van der Waals surface area contributed by atoms with Crippen LogP contribution in [0.2, 0.25) is 0 Å². The number of amides is 1. The fourth-order valence-electron chi connectivity index (χ4n) is 4.21. The van der Waals surface area contributed by atoms with Gasteiger partial charge >= 0.3 is 6.09 Å². The molecule has 2 aromatic rings. The van der Waals surface area contributed by atoms with Crippen molar-refractivity contribution < 1.29 is 13.9 Å². The lowest BCUT2D eigenvalue weighted by molar-refractivity contribution is -0.0881. The third kappa shape index (κ3) is 2.05. The summed E-state index contributed by atoms with van der Waals surface area (Å²) in [6.45, 7) is 3.86. The Morgan fingerprint density at radius 1 is 1.17 bits per heavy atom. The van der Waals surface area contributed by atoms with Crippen LogP contribution in [0.5, 0.6) is 0 Å². The molecule has 0 N–H and O–H groups in total. The van der Waals surface area contributed by atoms with Crippen molar-refractivity contribution in [2.24, 2.45) is 5.92 Å². The van der Waals surface area contributed by atoms with E-state index in [4.69, 9.17) is 9.15 Å². The summed E-state index contributed by atoms with van der Waals surface area (Å²) in [5.74, 6) is 0.509. The van der Waals surface area contributed by atoms with Gasteiger partial charge in [-0.05, 0) is 44.1 Å². The minimum atomic E-state index is -0.298. The van der Waals surface area contributed by atoms with Crippen LogP contribution < -0.4 is 4.90 Å². The van der Waals surface area contributed by atoms with E-state index >= 15 is 0 Å². The minimum absolute atomic E-state index is 0.195. The summed E-state index contributed by atoms with van der Waals surface area (Å²) >= 11 is 1.61. The number of ether oxygens (including phenoxy) is 1. The molecule has 23 heavy (non-hydrogen) atoms. The molecule has 0 radical (unpaired) electrons. The SMILES string of the molecule is O=C1OC2(CN3CCC2CC3)CN1c1ccc(-c2ccoc2)s1. The molecule has 1 atom stereocenters. The number of carbonyl (C=O) groups excluding carboxylic acids is 1. The van der Waals surface area contributed by atoms with Crippen LogP contribution >= 0.6 is 11.3 Å². The lowest BCUT2D eigenvalue weighted by atomic mass is 9.75. The molecule has 0 saturated carbocycles. The molecule has 2 bridgehead atoms. The smallest absolute Gasteiger partial charge is 0.415 e. The van der Waals surface area contributed by atoms with E-state index < -0.39 is 0 Å². The van der Waals surface area contributed by atoms with Crippen LogP contribution in [-0.4, -0.2) is 42.8 Å². The maximum absolute atomic E-state index is 12.5. The highest BCUT2D eigenvalue weighted by Gasteiger charge is 2.55. The maximum Gasteiger partial charge on any atom is 0.415 e. The van der Waals surface area contributed by atoms with Crippen molar-refractivity contribution in [3.8, 4) is 10.4 Å². The molecule has 6 heterocycles. The first-order valence-electron chi connectivity index (χ1n) is 8.09. The Labute approximate surface area is 138 Å². The monoisotopic (exact) mass is 330 g/mol. The molecule has 1 amide bonds. The topological polar surface area (TPSA) is 45.9 Å². The van der Waals surface area contributed by atoms with Gasteiger partial charge in [0, 0.05) is 22.9 Å². The fourth-order valence-corrected chi connectivity index (χ4v) is 5.19. The number of carbonyl (C=O) groups is 1. The molecule has 4 saturated heterocycles. The normalized spacial score (nSPS) is 32.7. The van der Waals surface area contributed by atoms with Crippen LogP contribution in [-0.2, 0) is 4.74 Å². The second kappa shape index (κ2) is 4.85. The van der Waals surface area contributed by atoms with Gasteiger partial charge in [0.2, 0.25) is 0 Å². The second-order valence-electron chi connectivity index (χ2n) is 6.72. The number of thiophene rings is 1. The summed E-state index contributed by atoms with van der Waals surface area (Å²) in [7, 11) is 0. The first-order chi connectivity index (χ1) is 11.2. The van der Waals surface area contributed by atoms with Crippen LogP contribution in [0.4, 0.5) is 9.80 Å². The molecule has 2 aromatic heterocycles. The molecular formula is C17H18N2O3S. The summed E-state index contributed by atoms with van der Waals surface area (Å²) in [6.07, 6.45) is 5.49. The van der Waals surface area contributed by atoms with Gasteiger partial charge in [0.25, 0.3) is 0 Å². The minimum Gasteiger partial charge on any atom is -0.472 e. The summed E-state index contributed by atoms with van der Waals surface area (Å²) in [6, 6.07) is 5.99. The number of anilines is 1. The predicted octanol–water partition coefficient (Wildman–Crippen LogP) is 3.43. The van der Waals surface area contributed by atoms with E-state index in [1.807, 2.05) is 23.1 Å². The van der Waals surface area contributed by atoms with E-state index in [1.54, 1.807) is 23.9 Å². The fraction of sp³-hybridized carbons (Fsp3) is 0.471. The highest BCUT2D eigenvalue weighted by atomic mass is 32.1. The number of hydrogen-bond acceptors (Lipinski definition) is 5. The van der Waals surface area contributed by atoms with Crippen molar-refractivity contribution in [1.29, 1.82) is 0 Å². The second-order valence-corrected chi connectivity index (χ2v) is 7.78. The Bertz CT molecular complexity index is 733. The molecule has 4 aliphatic rings. The summed E-state index contributed by atoms with van der Waals surface area (Å²) in [5, 5.41) is 0.958. The lowest BCUT2D eigenvalue weighted by Gasteiger charge is -2.49. The lowest BCUT2D eigenvalue weighted by Crippen LogP contribution is -2.61. The molecule has 1 unspecified atom stereocenters. The van der Waals surface area contributed by atoms with Crippen LogP contribution in [0.15, 0.2) is 35.1 Å². The number of nitrogens with zero attached hydrogens (tertiary/aromatic N) is 2. The number of hydrogen-bond donors (Lipinski definition) is 0. The standard InChI is InChI=1S/C17H18N2O3S/c20-16-19(15-2-1-14(23-15)12-5-8-21-9-12)11-17(22-16)10-18-6-3-13(17)4-7-18/h1-2,5,8-9,13H,3-4,6-7,10-11H2. The Morgan fingerprint density at radius 2 is 2.04 bits per heavy atom. The molecule has 4 fully saturated rings. The van der Waals surface area contributed by atoms with Crippen molar-refractivity contribution in [3.63, 3.8) is 0 Å². The zero-order valence-electron chi connectivity index (χ0n) is 12.7. The van der Waals surface area contributed by atoms with E-state index in [9.17, 15) is 4.79 Å². The van der Waals surface area contributed by atoms with Crippen LogP contribution in [0.25, 0.3) is 10.4 Å². The van der Waals surface area contributed by atoms with Crippen molar-refractivity contribution in [1.82, 2.24) is 4.90 Å². The van der Waals surface area contributed by atoms with Gasteiger partial charge in [0.1, 0.15) is 10.6 Å². The van der Waals surface area contributed by atoms with Gasteiger partial charge in [-0.3, -0.25) is 9.80 Å².